The molecule has 2 aromatic carbocycles. The maximum absolute atomic E-state index is 12.1. The summed E-state index contributed by atoms with van der Waals surface area (Å²) in [6.45, 7) is 0. The zero-order chi connectivity index (χ0) is 20.5. The highest BCUT2D eigenvalue weighted by atomic mass is 127. The molecule has 0 spiro atoms. The van der Waals surface area contributed by atoms with Crippen molar-refractivity contribution >= 4 is 50.4 Å². The second kappa shape index (κ2) is 7.96. The molecule has 2 aromatic heterocycles. The van der Waals surface area contributed by atoms with Gasteiger partial charge in [0.1, 0.15) is 5.69 Å². The van der Waals surface area contributed by atoms with Gasteiger partial charge >= 0.3 is 0 Å². The van der Waals surface area contributed by atoms with E-state index >= 15 is 0 Å². The van der Waals surface area contributed by atoms with Gasteiger partial charge in [0.25, 0.3) is 0 Å². The van der Waals surface area contributed by atoms with Crippen molar-refractivity contribution in [2.45, 2.75) is 0 Å². The average Bonchev–Trinajstić information content (AvgIpc) is 3.07. The van der Waals surface area contributed by atoms with Crippen LogP contribution in [0.15, 0.2) is 65.3 Å². The van der Waals surface area contributed by atoms with Gasteiger partial charge in [-0.05, 0) is 55.7 Å². The van der Waals surface area contributed by atoms with E-state index in [-0.39, 0.29) is 5.95 Å². The van der Waals surface area contributed by atoms with Crippen molar-refractivity contribution in [1.82, 2.24) is 15.0 Å². The Kier molecular flexibility index (Phi) is 5.37. The van der Waals surface area contributed by atoms with E-state index in [0.29, 0.717) is 15.7 Å². The molecule has 0 fully saturated rings. The van der Waals surface area contributed by atoms with Crippen molar-refractivity contribution in [3.63, 3.8) is 0 Å². The molecule has 0 bridgehead atoms. The third-order valence-corrected chi connectivity index (χ3v) is 6.12. The largest absolute Gasteiger partial charge is 0.368 e. The van der Waals surface area contributed by atoms with E-state index < -0.39 is 5.91 Å². The Balaban J connectivity index is 2.06. The number of primary amides is 1. The minimum Gasteiger partial charge on any atom is -0.368 e. The standard InChI is InChI=1S/C21H15BrIN5O/c22-14-10-26-21(25)28-18(14)19-16(23)15(12-8-4-5-9-13(12)20(24)29)17(27-19)11-6-2-1-3-7-11/h1-10,27H,(H2,24,29)(H2,25,26,28). The molecule has 144 valence electrons. The first-order chi connectivity index (χ1) is 14.0. The monoisotopic (exact) mass is 559 g/mol. The van der Waals surface area contributed by atoms with E-state index in [1.54, 1.807) is 18.3 Å². The van der Waals surface area contributed by atoms with Gasteiger partial charge in [-0.3, -0.25) is 4.79 Å². The van der Waals surface area contributed by atoms with Crippen LogP contribution in [-0.4, -0.2) is 20.9 Å². The Bertz CT molecular complexity index is 1220. The first kappa shape index (κ1) is 19.6. The number of anilines is 1. The van der Waals surface area contributed by atoms with Crippen molar-refractivity contribution in [3.05, 3.63) is 74.4 Å². The summed E-state index contributed by atoms with van der Waals surface area (Å²) in [4.78, 5) is 24.0. The zero-order valence-corrected chi connectivity index (χ0v) is 18.7. The van der Waals surface area contributed by atoms with Crippen LogP contribution in [0.2, 0.25) is 0 Å². The number of nitrogens with two attached hydrogens (primary N) is 2. The number of H-pyrrole nitrogens is 1. The fraction of sp³-hybridized carbons (Fsp3) is 0. The number of halogens is 2. The van der Waals surface area contributed by atoms with Gasteiger partial charge in [-0.25, -0.2) is 9.97 Å². The van der Waals surface area contributed by atoms with Gasteiger partial charge < -0.3 is 16.5 Å². The Hall–Kier alpha value is -2.72. The fourth-order valence-electron chi connectivity index (χ4n) is 3.19. The molecule has 0 aliphatic heterocycles. The molecular formula is C21H15BrIN5O. The van der Waals surface area contributed by atoms with Gasteiger partial charge in [-0.1, -0.05) is 48.5 Å². The van der Waals surface area contributed by atoms with Crippen LogP contribution in [0.5, 0.6) is 0 Å². The molecule has 1 amide bonds. The first-order valence-corrected chi connectivity index (χ1v) is 10.5. The number of aromatic nitrogens is 3. The highest BCUT2D eigenvalue weighted by Crippen LogP contribution is 2.43. The second-order valence-corrected chi connectivity index (χ2v) is 8.20. The summed E-state index contributed by atoms with van der Waals surface area (Å²) in [5.41, 5.74) is 16.8. The number of carbonyl (C=O) groups is 1. The molecule has 0 aliphatic rings. The average molecular weight is 560 g/mol. The van der Waals surface area contributed by atoms with Crippen molar-refractivity contribution in [2.75, 3.05) is 5.73 Å². The summed E-state index contributed by atoms with van der Waals surface area (Å²) < 4.78 is 1.61. The number of nitrogen functional groups attached to an aromatic ring is 1. The highest BCUT2D eigenvalue weighted by Gasteiger charge is 2.24. The van der Waals surface area contributed by atoms with Crippen LogP contribution in [0.3, 0.4) is 0 Å². The van der Waals surface area contributed by atoms with Crippen LogP contribution in [0, 0.1) is 3.57 Å². The number of nitrogens with zero attached hydrogens (tertiary/aromatic N) is 2. The minimum atomic E-state index is -0.481. The predicted octanol–water partition coefficient (Wildman–Crippen LogP) is 4.85. The van der Waals surface area contributed by atoms with Crippen LogP contribution in [0.4, 0.5) is 5.95 Å². The summed E-state index contributed by atoms with van der Waals surface area (Å²) >= 11 is 5.77. The molecule has 4 rings (SSSR count). The second-order valence-electron chi connectivity index (χ2n) is 6.26. The minimum absolute atomic E-state index is 0.175. The van der Waals surface area contributed by atoms with Crippen LogP contribution < -0.4 is 11.5 Å². The number of hydrogen-bond donors (Lipinski definition) is 3. The van der Waals surface area contributed by atoms with Gasteiger partial charge in [0, 0.05) is 20.9 Å². The summed E-state index contributed by atoms with van der Waals surface area (Å²) in [6.07, 6.45) is 1.62. The van der Waals surface area contributed by atoms with Gasteiger partial charge in [0.2, 0.25) is 11.9 Å². The third kappa shape index (κ3) is 3.65. The summed E-state index contributed by atoms with van der Waals surface area (Å²) in [5, 5.41) is 0. The predicted molar refractivity (Wildman–Crippen MR) is 126 cm³/mol. The molecular weight excluding hydrogens is 545 g/mol. The van der Waals surface area contributed by atoms with E-state index in [9.17, 15) is 4.79 Å². The van der Waals surface area contributed by atoms with Gasteiger partial charge in [0.05, 0.1) is 15.9 Å². The quantitative estimate of drug-likeness (QED) is 0.310. The fourth-order valence-corrected chi connectivity index (χ4v) is 4.53. The number of rotatable bonds is 4. The molecule has 6 nitrogen and oxygen atoms in total. The Labute approximate surface area is 189 Å². The lowest BCUT2D eigenvalue weighted by atomic mass is 9.96. The van der Waals surface area contributed by atoms with Crippen molar-refractivity contribution in [1.29, 1.82) is 0 Å². The maximum atomic E-state index is 12.1. The van der Waals surface area contributed by atoms with E-state index in [1.165, 1.54) is 0 Å². The molecule has 0 saturated heterocycles. The van der Waals surface area contributed by atoms with Crippen molar-refractivity contribution in [3.8, 4) is 33.8 Å². The number of hydrogen-bond acceptors (Lipinski definition) is 4. The Morgan fingerprint density at radius 3 is 2.45 bits per heavy atom. The molecule has 0 saturated carbocycles. The Morgan fingerprint density at radius 1 is 1.03 bits per heavy atom. The summed E-state index contributed by atoms with van der Waals surface area (Å²) in [7, 11) is 0. The lowest BCUT2D eigenvalue weighted by molar-refractivity contribution is 0.100. The topological polar surface area (TPSA) is 111 Å². The highest BCUT2D eigenvalue weighted by molar-refractivity contribution is 14.1. The number of nitrogens with one attached hydrogen (secondary N) is 1. The third-order valence-electron chi connectivity index (χ3n) is 4.46. The van der Waals surface area contributed by atoms with E-state index in [2.05, 4.69) is 53.5 Å². The molecule has 2 heterocycles. The van der Waals surface area contributed by atoms with Crippen LogP contribution >= 0.6 is 38.5 Å². The summed E-state index contributed by atoms with van der Waals surface area (Å²) in [6, 6.07) is 17.2. The normalized spacial score (nSPS) is 10.8. The smallest absolute Gasteiger partial charge is 0.249 e. The molecule has 5 N–H and O–H groups in total. The molecule has 8 heteroatoms. The molecule has 0 unspecified atom stereocenters. The van der Waals surface area contributed by atoms with Gasteiger partial charge in [-0.2, -0.15) is 0 Å². The number of amides is 1. The van der Waals surface area contributed by atoms with E-state index in [4.69, 9.17) is 11.5 Å². The lowest BCUT2D eigenvalue weighted by Crippen LogP contribution is -2.12. The summed E-state index contributed by atoms with van der Waals surface area (Å²) in [5.74, 6) is -0.306. The molecule has 0 atom stereocenters. The van der Waals surface area contributed by atoms with E-state index in [0.717, 1.165) is 31.6 Å². The molecule has 29 heavy (non-hydrogen) atoms. The van der Waals surface area contributed by atoms with Crippen LogP contribution in [0.1, 0.15) is 10.4 Å². The van der Waals surface area contributed by atoms with E-state index in [1.807, 2.05) is 42.5 Å². The number of benzene rings is 2. The zero-order valence-electron chi connectivity index (χ0n) is 15.0. The maximum Gasteiger partial charge on any atom is 0.249 e. The lowest BCUT2D eigenvalue weighted by Gasteiger charge is -2.09. The van der Waals surface area contributed by atoms with Crippen molar-refractivity contribution in [2.24, 2.45) is 5.73 Å². The number of aromatic amines is 1. The van der Waals surface area contributed by atoms with Crippen molar-refractivity contribution < 1.29 is 4.79 Å². The van der Waals surface area contributed by atoms with Gasteiger partial charge in [0.15, 0.2) is 0 Å². The van der Waals surface area contributed by atoms with Gasteiger partial charge in [-0.15, -0.1) is 0 Å². The van der Waals surface area contributed by atoms with Crippen LogP contribution in [0.25, 0.3) is 33.8 Å². The molecule has 4 aromatic rings. The Morgan fingerprint density at radius 2 is 1.72 bits per heavy atom. The van der Waals surface area contributed by atoms with Crippen LogP contribution in [-0.2, 0) is 0 Å². The molecule has 0 radical (unpaired) electrons. The SMILES string of the molecule is NC(=O)c1ccccc1-c1c(-c2ccccc2)[nH]c(-c2nc(N)ncc2Br)c1I. The molecule has 0 aliphatic carbocycles. The number of carbonyl (C=O) groups excluding carboxylic acids is 1. The first-order valence-electron chi connectivity index (χ1n) is 8.62.